The minimum Gasteiger partial charge on any atom is -0.394 e. The summed E-state index contributed by atoms with van der Waals surface area (Å²) < 4.78 is 5.32. The van der Waals surface area contributed by atoms with E-state index in [0.29, 0.717) is 48.3 Å². The number of nitrogens with one attached hydrogen (secondary N) is 3. The molecule has 1 aliphatic heterocycles. The maximum atomic E-state index is 12.9. The monoisotopic (exact) mass is 519 g/mol. The molecule has 1 aliphatic rings. The van der Waals surface area contributed by atoms with Crippen LogP contribution in [0.25, 0.3) is 22.4 Å². The summed E-state index contributed by atoms with van der Waals surface area (Å²) in [6, 6.07) is 15.8. The van der Waals surface area contributed by atoms with Gasteiger partial charge in [-0.3, -0.25) is 14.7 Å². The Bertz CT molecular complexity index is 1390. The third-order valence-corrected chi connectivity index (χ3v) is 6.67. The molecule has 2 aromatic heterocycles. The number of H-pyrrole nitrogens is 2. The Morgan fingerprint density at radius 3 is 2.62 bits per heavy atom. The van der Waals surface area contributed by atoms with E-state index < -0.39 is 6.04 Å². The minimum absolute atomic E-state index is 0.120. The fourth-order valence-corrected chi connectivity index (χ4v) is 4.60. The summed E-state index contributed by atoms with van der Waals surface area (Å²) in [7, 11) is 0. The third kappa shape index (κ3) is 5.29. The Balaban J connectivity index is 1.34. The van der Waals surface area contributed by atoms with Crippen molar-refractivity contribution < 1.29 is 19.4 Å². The van der Waals surface area contributed by atoms with Crippen molar-refractivity contribution in [2.45, 2.75) is 6.04 Å². The number of aromatic amines is 2. The lowest BCUT2D eigenvalue weighted by molar-refractivity contribution is 0.0303. The number of aliphatic hydroxyl groups is 1. The molecule has 3 heterocycles. The normalized spacial score (nSPS) is 14.4. The van der Waals surface area contributed by atoms with Crippen LogP contribution in [0.5, 0.6) is 0 Å². The molecule has 190 valence electrons. The van der Waals surface area contributed by atoms with E-state index in [1.807, 2.05) is 36.4 Å². The van der Waals surface area contributed by atoms with Crippen molar-refractivity contribution in [3.63, 3.8) is 0 Å². The fraction of sp³-hybridized carbons (Fsp3) is 0.222. The average molecular weight is 520 g/mol. The largest absolute Gasteiger partial charge is 0.394 e. The lowest BCUT2D eigenvalue weighted by atomic mass is 10.0. The molecular weight excluding hydrogens is 494 g/mol. The second-order valence-electron chi connectivity index (χ2n) is 8.68. The van der Waals surface area contributed by atoms with Gasteiger partial charge in [0, 0.05) is 30.4 Å². The van der Waals surface area contributed by atoms with Gasteiger partial charge in [0.15, 0.2) is 0 Å². The van der Waals surface area contributed by atoms with Crippen molar-refractivity contribution in [2.24, 2.45) is 0 Å². The molecular formula is C27H26ClN5O4. The molecule has 1 saturated heterocycles. The number of rotatable bonds is 7. The Morgan fingerprint density at radius 1 is 1.11 bits per heavy atom. The van der Waals surface area contributed by atoms with Gasteiger partial charge in [-0.2, -0.15) is 5.10 Å². The van der Waals surface area contributed by atoms with E-state index in [0.717, 1.165) is 22.3 Å². The van der Waals surface area contributed by atoms with Crippen LogP contribution < -0.4 is 5.32 Å². The second kappa shape index (κ2) is 11.0. The summed E-state index contributed by atoms with van der Waals surface area (Å²) >= 11 is 6.53. The predicted octanol–water partition coefficient (Wildman–Crippen LogP) is 3.66. The van der Waals surface area contributed by atoms with Crippen LogP contribution in [0.1, 0.15) is 32.5 Å². The molecule has 0 saturated carbocycles. The van der Waals surface area contributed by atoms with Gasteiger partial charge in [-0.25, -0.2) is 0 Å². The minimum atomic E-state index is -0.524. The van der Waals surface area contributed by atoms with Gasteiger partial charge in [0.25, 0.3) is 11.8 Å². The molecule has 10 heteroatoms. The maximum Gasteiger partial charge on any atom is 0.268 e. The first-order chi connectivity index (χ1) is 18.0. The lowest BCUT2D eigenvalue weighted by Gasteiger charge is -2.27. The highest BCUT2D eigenvalue weighted by atomic mass is 35.5. The molecule has 2 aromatic carbocycles. The molecule has 2 amide bonds. The maximum absolute atomic E-state index is 12.9. The van der Waals surface area contributed by atoms with E-state index in [1.165, 1.54) is 0 Å². The number of ether oxygens (including phenoxy) is 1. The van der Waals surface area contributed by atoms with Crippen molar-refractivity contribution in [3.05, 3.63) is 88.8 Å². The zero-order valence-electron chi connectivity index (χ0n) is 19.9. The zero-order chi connectivity index (χ0) is 25.8. The number of nitrogens with zero attached hydrogens (tertiary/aromatic N) is 2. The van der Waals surface area contributed by atoms with Gasteiger partial charge in [0.05, 0.1) is 48.3 Å². The molecule has 5 rings (SSSR count). The number of amides is 2. The predicted molar refractivity (Wildman–Crippen MR) is 139 cm³/mol. The lowest BCUT2D eigenvalue weighted by Crippen LogP contribution is -2.40. The molecule has 37 heavy (non-hydrogen) atoms. The highest BCUT2D eigenvalue weighted by Gasteiger charge is 2.22. The van der Waals surface area contributed by atoms with E-state index in [1.54, 1.807) is 35.5 Å². The highest BCUT2D eigenvalue weighted by molar-refractivity contribution is 6.34. The number of hydrogen-bond donors (Lipinski definition) is 4. The van der Waals surface area contributed by atoms with Gasteiger partial charge in [-0.1, -0.05) is 48.0 Å². The first kappa shape index (κ1) is 24.8. The van der Waals surface area contributed by atoms with Crippen LogP contribution in [0.15, 0.2) is 67.0 Å². The van der Waals surface area contributed by atoms with Crippen molar-refractivity contribution in [3.8, 4) is 22.4 Å². The van der Waals surface area contributed by atoms with Crippen LogP contribution in [0.3, 0.4) is 0 Å². The van der Waals surface area contributed by atoms with Crippen LogP contribution in [-0.4, -0.2) is 69.9 Å². The van der Waals surface area contributed by atoms with Gasteiger partial charge in [-0.05, 0) is 29.3 Å². The van der Waals surface area contributed by atoms with E-state index in [2.05, 4.69) is 20.5 Å². The highest BCUT2D eigenvalue weighted by Crippen LogP contribution is 2.33. The average Bonchev–Trinajstić information content (AvgIpc) is 3.62. The van der Waals surface area contributed by atoms with Crippen LogP contribution in [0, 0.1) is 0 Å². The van der Waals surface area contributed by atoms with Crippen LogP contribution in [-0.2, 0) is 4.74 Å². The number of halogens is 1. The summed E-state index contributed by atoms with van der Waals surface area (Å²) in [5.41, 5.74) is 4.57. The molecule has 1 fully saturated rings. The van der Waals surface area contributed by atoms with Crippen molar-refractivity contribution in [2.75, 3.05) is 32.9 Å². The van der Waals surface area contributed by atoms with Gasteiger partial charge in [0.1, 0.15) is 5.69 Å². The molecule has 0 bridgehead atoms. The number of morpholine rings is 1. The molecule has 1 atom stereocenters. The molecule has 4 aromatic rings. The van der Waals surface area contributed by atoms with Gasteiger partial charge < -0.3 is 25.0 Å². The molecule has 0 aliphatic carbocycles. The number of aliphatic hydroxyl groups excluding tert-OH is 1. The van der Waals surface area contributed by atoms with E-state index in [-0.39, 0.29) is 18.4 Å². The topological polar surface area (TPSA) is 123 Å². The Kier molecular flexibility index (Phi) is 7.36. The Hall–Kier alpha value is -3.92. The number of carbonyl (C=O) groups excluding carboxylic acids is 2. The first-order valence-corrected chi connectivity index (χ1v) is 12.3. The van der Waals surface area contributed by atoms with Crippen molar-refractivity contribution >= 4 is 23.4 Å². The smallest absolute Gasteiger partial charge is 0.268 e. The second-order valence-corrected chi connectivity index (χ2v) is 9.09. The number of aromatic nitrogens is 3. The summed E-state index contributed by atoms with van der Waals surface area (Å²) in [5.74, 6) is -0.463. The quantitative estimate of drug-likeness (QED) is 0.297. The third-order valence-electron chi connectivity index (χ3n) is 6.35. The van der Waals surface area contributed by atoms with Crippen molar-refractivity contribution in [1.29, 1.82) is 0 Å². The van der Waals surface area contributed by atoms with Gasteiger partial charge in [-0.15, -0.1) is 0 Å². The standard InChI is InChI=1S/C27H26ClN5O4/c28-22-12-18(6-7-20(22)27(36)33-8-10-37-11-9-33)21-15-30-32-25(21)19-13-23(29-14-19)26(35)31-24(16-34)17-4-2-1-3-5-17/h1-7,12-15,24,29,34H,8-11,16H2,(H,30,32)(H,31,35)/t24-/m1/s1. The van der Waals surface area contributed by atoms with E-state index >= 15 is 0 Å². The SMILES string of the molecule is O=C(N[C@H](CO)c1ccccc1)c1cc(-c2[nH]ncc2-c2ccc(C(=O)N3CCOCC3)c(Cl)c2)c[nH]1. The van der Waals surface area contributed by atoms with Crippen LogP contribution in [0.2, 0.25) is 5.02 Å². The number of hydrogen-bond acceptors (Lipinski definition) is 5. The summed E-state index contributed by atoms with van der Waals surface area (Å²) in [6.07, 6.45) is 3.38. The molecule has 0 spiro atoms. The number of benzene rings is 2. The van der Waals surface area contributed by atoms with Gasteiger partial charge in [0.2, 0.25) is 0 Å². The number of carbonyl (C=O) groups is 2. The Morgan fingerprint density at radius 2 is 1.89 bits per heavy atom. The van der Waals surface area contributed by atoms with Crippen LogP contribution >= 0.6 is 11.6 Å². The van der Waals surface area contributed by atoms with E-state index in [4.69, 9.17) is 16.3 Å². The molecule has 0 radical (unpaired) electrons. The van der Waals surface area contributed by atoms with Crippen molar-refractivity contribution in [1.82, 2.24) is 25.4 Å². The Labute approximate surface area is 218 Å². The van der Waals surface area contributed by atoms with Gasteiger partial charge >= 0.3 is 0 Å². The summed E-state index contributed by atoms with van der Waals surface area (Å²) in [5, 5.41) is 20.1. The summed E-state index contributed by atoms with van der Waals surface area (Å²) in [6.45, 7) is 1.89. The molecule has 4 N–H and O–H groups in total. The zero-order valence-corrected chi connectivity index (χ0v) is 20.7. The van der Waals surface area contributed by atoms with E-state index in [9.17, 15) is 14.7 Å². The molecule has 0 unspecified atom stereocenters. The fourth-order valence-electron chi connectivity index (χ4n) is 4.34. The van der Waals surface area contributed by atoms with Crippen LogP contribution in [0.4, 0.5) is 0 Å². The molecule has 9 nitrogen and oxygen atoms in total. The first-order valence-electron chi connectivity index (χ1n) is 11.9. The summed E-state index contributed by atoms with van der Waals surface area (Å²) in [4.78, 5) is 30.5.